The molecule has 40 heavy (non-hydrogen) atoms. The molecule has 0 atom stereocenters. The van der Waals surface area contributed by atoms with Gasteiger partial charge >= 0.3 is 0 Å². The quantitative estimate of drug-likeness (QED) is 0.219. The number of hydrogen-bond acceptors (Lipinski definition) is 1. The van der Waals surface area contributed by atoms with Gasteiger partial charge in [0.15, 0.2) is 8.07 Å². The lowest BCUT2D eigenvalue weighted by Gasteiger charge is -2.34. The Morgan fingerprint density at radius 3 is 1.45 bits per heavy atom. The maximum atomic E-state index is 5.56. The van der Waals surface area contributed by atoms with Gasteiger partial charge in [-0.15, -0.1) is 0 Å². The highest BCUT2D eigenvalue weighted by atomic mass is 28.3. The first kappa shape index (κ1) is 23.2. The number of rotatable bonds is 4. The van der Waals surface area contributed by atoms with Gasteiger partial charge in [0, 0.05) is 0 Å². The third-order valence-corrected chi connectivity index (χ3v) is 14.0. The Kier molecular flexibility index (Phi) is 5.04. The Labute approximate surface area is 236 Å². The molecule has 0 radical (unpaired) electrons. The van der Waals surface area contributed by atoms with Crippen LogP contribution in [-0.2, 0) is 0 Å². The minimum atomic E-state index is -2.72. The summed E-state index contributed by atoms with van der Waals surface area (Å²) in [6.45, 7) is 2.36. The molecule has 3 aliphatic rings. The third kappa shape index (κ3) is 2.92. The van der Waals surface area contributed by atoms with Gasteiger partial charge in [-0.2, -0.15) is 0 Å². The van der Waals surface area contributed by atoms with Crippen molar-refractivity contribution in [2.24, 2.45) is 0 Å². The van der Waals surface area contributed by atoms with E-state index in [1.165, 1.54) is 65.7 Å². The molecule has 1 heterocycles. The van der Waals surface area contributed by atoms with Crippen LogP contribution in [-0.4, -0.2) is 15.2 Å². The molecule has 1 aliphatic heterocycles. The predicted octanol–water partition coefficient (Wildman–Crippen LogP) is 7.56. The van der Waals surface area contributed by atoms with Crippen LogP contribution in [0.1, 0.15) is 34.7 Å². The second-order valence-electron chi connectivity index (χ2n) is 10.8. The van der Waals surface area contributed by atoms with E-state index in [1.807, 2.05) is 0 Å². The highest BCUT2D eigenvalue weighted by molar-refractivity contribution is 7.18. The number of benzene rings is 5. The van der Waals surface area contributed by atoms with E-state index in [0.717, 1.165) is 5.75 Å². The summed E-state index contributed by atoms with van der Waals surface area (Å²) in [4.78, 5) is 0. The Hall–Kier alpha value is -4.66. The van der Waals surface area contributed by atoms with Crippen molar-refractivity contribution >= 4 is 40.7 Å². The van der Waals surface area contributed by atoms with E-state index in [2.05, 4.69) is 140 Å². The van der Waals surface area contributed by atoms with Crippen molar-refractivity contribution in [3.8, 4) is 5.75 Å². The minimum Gasteiger partial charge on any atom is -0.497 e. The fraction of sp³-hybridized carbons (Fsp3) is 0.0526. The van der Waals surface area contributed by atoms with Crippen molar-refractivity contribution in [2.75, 3.05) is 7.11 Å². The second kappa shape index (κ2) is 8.67. The molecule has 5 aromatic carbocycles. The monoisotopic (exact) mass is 528 g/mol. The lowest BCUT2D eigenvalue weighted by Crippen LogP contribution is -2.60. The maximum Gasteiger partial charge on any atom is 0.181 e. The normalized spacial score (nSPS) is 16.1. The lowest BCUT2D eigenvalue weighted by atomic mass is 9.96. The SMILES string of the molecule is COc1ccc(C2=C3C(=C4C(=C(C)c5ccccc54)[Si]3(c3ccccc3)c3ccccc3)c3ccccc32)cc1. The number of ether oxygens (including phenoxy) is 1. The van der Waals surface area contributed by atoms with Crippen LogP contribution in [0.25, 0.3) is 22.3 Å². The van der Waals surface area contributed by atoms with E-state index in [1.54, 1.807) is 12.3 Å². The van der Waals surface area contributed by atoms with Crippen LogP contribution >= 0.6 is 0 Å². The van der Waals surface area contributed by atoms with Crippen LogP contribution in [0, 0.1) is 0 Å². The number of allylic oxidation sites excluding steroid dienone is 5. The van der Waals surface area contributed by atoms with E-state index in [9.17, 15) is 0 Å². The molecule has 1 nitrogen and oxygen atoms in total. The Morgan fingerprint density at radius 1 is 0.450 bits per heavy atom. The summed E-state index contributed by atoms with van der Waals surface area (Å²) < 4.78 is 5.56. The topological polar surface area (TPSA) is 9.23 Å². The molecule has 0 saturated carbocycles. The van der Waals surface area contributed by atoms with E-state index < -0.39 is 8.07 Å². The van der Waals surface area contributed by atoms with E-state index in [-0.39, 0.29) is 0 Å². The van der Waals surface area contributed by atoms with E-state index in [0.29, 0.717) is 0 Å². The summed E-state index contributed by atoms with van der Waals surface area (Å²) >= 11 is 0. The van der Waals surface area contributed by atoms with Gasteiger partial charge in [-0.25, -0.2) is 0 Å². The maximum absolute atomic E-state index is 5.56. The van der Waals surface area contributed by atoms with Crippen LogP contribution in [0.5, 0.6) is 5.75 Å². The zero-order valence-electron chi connectivity index (χ0n) is 22.6. The standard InChI is InChI=1S/C38H28OSi/c1-25-30-17-9-10-18-31(30)35-36-33-20-12-11-19-32(33)34(26-21-23-27(39-2)24-22-26)38(36)40(37(25)35,28-13-5-3-6-14-28)29-15-7-4-8-16-29/h3-24H,1-2H3. The fourth-order valence-electron chi connectivity index (χ4n) is 7.46. The number of fused-ring (bicyclic) bond motifs is 6. The summed E-state index contributed by atoms with van der Waals surface area (Å²) in [5, 5.41) is 5.95. The highest BCUT2D eigenvalue weighted by Gasteiger charge is 2.58. The van der Waals surface area contributed by atoms with Gasteiger partial charge in [0.1, 0.15) is 5.75 Å². The van der Waals surface area contributed by atoms with Crippen molar-refractivity contribution in [2.45, 2.75) is 6.92 Å². The third-order valence-electron chi connectivity index (χ3n) is 8.98. The van der Waals surface area contributed by atoms with Gasteiger partial charge < -0.3 is 4.74 Å². The Morgan fingerprint density at radius 2 is 0.900 bits per heavy atom. The van der Waals surface area contributed by atoms with Crippen molar-refractivity contribution in [1.82, 2.24) is 0 Å². The van der Waals surface area contributed by atoms with Crippen molar-refractivity contribution in [3.05, 3.63) is 172 Å². The molecule has 0 saturated heterocycles. The molecule has 0 unspecified atom stereocenters. The lowest BCUT2D eigenvalue weighted by molar-refractivity contribution is 0.415. The zero-order valence-corrected chi connectivity index (χ0v) is 23.6. The summed E-state index contributed by atoms with van der Waals surface area (Å²) in [7, 11) is -0.983. The molecule has 0 spiro atoms. The predicted molar refractivity (Wildman–Crippen MR) is 169 cm³/mol. The van der Waals surface area contributed by atoms with Crippen LogP contribution in [0.3, 0.4) is 0 Å². The van der Waals surface area contributed by atoms with Crippen molar-refractivity contribution in [1.29, 1.82) is 0 Å². The van der Waals surface area contributed by atoms with Crippen molar-refractivity contribution in [3.63, 3.8) is 0 Å². The van der Waals surface area contributed by atoms with Gasteiger partial charge in [-0.05, 0) is 89.9 Å². The summed E-state index contributed by atoms with van der Waals surface area (Å²) in [5.41, 5.74) is 12.3. The number of methoxy groups -OCH3 is 1. The van der Waals surface area contributed by atoms with Gasteiger partial charge in [0.2, 0.25) is 0 Å². The second-order valence-corrected chi connectivity index (χ2v) is 14.5. The van der Waals surface area contributed by atoms with Crippen LogP contribution in [0.15, 0.2) is 144 Å². The van der Waals surface area contributed by atoms with Crippen LogP contribution in [0.4, 0.5) is 0 Å². The molecule has 190 valence electrons. The molecule has 0 amide bonds. The van der Waals surface area contributed by atoms with Gasteiger partial charge in [0.25, 0.3) is 0 Å². The smallest absolute Gasteiger partial charge is 0.181 e. The Balaban J connectivity index is 1.62. The van der Waals surface area contributed by atoms with Crippen LogP contribution in [0.2, 0.25) is 0 Å². The van der Waals surface area contributed by atoms with Gasteiger partial charge in [0.05, 0.1) is 7.11 Å². The first-order valence-electron chi connectivity index (χ1n) is 13.9. The van der Waals surface area contributed by atoms with E-state index in [4.69, 9.17) is 4.74 Å². The molecule has 0 aromatic heterocycles. The summed E-state index contributed by atoms with van der Waals surface area (Å²) in [5.74, 6) is 0.879. The number of hydrogen-bond donors (Lipinski definition) is 0. The zero-order chi connectivity index (χ0) is 26.8. The first-order valence-corrected chi connectivity index (χ1v) is 15.9. The van der Waals surface area contributed by atoms with E-state index >= 15 is 0 Å². The average Bonchev–Trinajstić information content (AvgIpc) is 3.63. The summed E-state index contributed by atoms with van der Waals surface area (Å²) in [6, 6.07) is 49.4. The largest absolute Gasteiger partial charge is 0.497 e. The molecule has 5 aromatic rings. The molecule has 0 fully saturated rings. The molecule has 0 N–H and O–H groups in total. The minimum absolute atomic E-state index is 0.879. The summed E-state index contributed by atoms with van der Waals surface area (Å²) in [6.07, 6.45) is 0. The average molecular weight is 529 g/mol. The molecular weight excluding hydrogens is 501 g/mol. The molecular formula is C38H28OSi. The fourth-order valence-corrected chi connectivity index (χ4v) is 13.2. The highest BCUT2D eigenvalue weighted by Crippen LogP contribution is 2.63. The van der Waals surface area contributed by atoms with Gasteiger partial charge in [-0.1, -0.05) is 121 Å². The molecule has 0 bridgehead atoms. The Bertz CT molecular complexity index is 1870. The van der Waals surface area contributed by atoms with Gasteiger partial charge in [-0.3, -0.25) is 0 Å². The first-order chi connectivity index (χ1) is 19.7. The van der Waals surface area contributed by atoms with Crippen LogP contribution < -0.4 is 15.1 Å². The van der Waals surface area contributed by atoms with Crippen molar-refractivity contribution < 1.29 is 4.74 Å². The molecule has 2 aliphatic carbocycles. The molecule has 8 rings (SSSR count). The molecule has 2 heteroatoms.